The number of thioether (sulfide) groups is 1. The maximum atomic E-state index is 12.0. The summed E-state index contributed by atoms with van der Waals surface area (Å²) in [6, 6.07) is 14.6. The Kier molecular flexibility index (Phi) is 3.98. The minimum absolute atomic E-state index is 0.146. The number of para-hydroxylation sites is 1. The second-order valence-corrected chi connectivity index (χ2v) is 5.91. The number of aliphatic imine (C=N–C) groups is 1. The van der Waals surface area contributed by atoms with Gasteiger partial charge >= 0.3 is 0 Å². The van der Waals surface area contributed by atoms with Crippen LogP contribution in [0.2, 0.25) is 0 Å². The van der Waals surface area contributed by atoms with Crippen LogP contribution < -0.4 is 5.32 Å². The molecule has 2 aromatic carbocycles. The molecule has 0 aromatic heterocycles. The number of rotatable bonds is 2. The first-order valence-electron chi connectivity index (χ1n) is 6.76. The molecule has 0 unspecified atom stereocenters. The highest BCUT2D eigenvalue weighted by Crippen LogP contribution is 2.30. The average molecular weight is 310 g/mol. The van der Waals surface area contributed by atoms with E-state index in [4.69, 9.17) is 0 Å². The SMILES string of the molecule is Cc1cccc(N=C2NC(=O)/C(=C\c3ccccc3O)S2)c1. The lowest BCUT2D eigenvalue weighted by molar-refractivity contribution is -0.115. The Balaban J connectivity index is 1.86. The lowest BCUT2D eigenvalue weighted by Crippen LogP contribution is -2.19. The maximum Gasteiger partial charge on any atom is 0.264 e. The van der Waals surface area contributed by atoms with Crippen molar-refractivity contribution in [2.24, 2.45) is 4.99 Å². The van der Waals surface area contributed by atoms with Gasteiger partial charge in [-0.15, -0.1) is 0 Å². The van der Waals surface area contributed by atoms with Crippen LogP contribution in [-0.2, 0) is 4.79 Å². The third-order valence-corrected chi connectivity index (χ3v) is 4.02. The number of nitrogens with zero attached hydrogens (tertiary/aromatic N) is 1. The summed E-state index contributed by atoms with van der Waals surface area (Å²) in [4.78, 5) is 16.9. The van der Waals surface area contributed by atoms with Gasteiger partial charge in [-0.1, -0.05) is 30.3 Å². The lowest BCUT2D eigenvalue weighted by Gasteiger charge is -1.98. The fourth-order valence-electron chi connectivity index (χ4n) is 2.05. The van der Waals surface area contributed by atoms with Gasteiger partial charge in [-0.2, -0.15) is 0 Å². The zero-order valence-corrected chi connectivity index (χ0v) is 12.7. The molecule has 1 fully saturated rings. The van der Waals surface area contributed by atoms with Crippen molar-refractivity contribution in [1.82, 2.24) is 5.32 Å². The molecule has 0 bridgehead atoms. The summed E-state index contributed by atoms with van der Waals surface area (Å²) in [5.74, 6) is -0.0628. The second-order valence-electron chi connectivity index (χ2n) is 4.88. The number of amides is 1. The quantitative estimate of drug-likeness (QED) is 0.833. The van der Waals surface area contributed by atoms with Crippen molar-refractivity contribution in [2.75, 3.05) is 0 Å². The second kappa shape index (κ2) is 6.07. The number of nitrogens with one attached hydrogen (secondary N) is 1. The predicted molar refractivity (Wildman–Crippen MR) is 90.1 cm³/mol. The van der Waals surface area contributed by atoms with E-state index in [2.05, 4.69) is 10.3 Å². The van der Waals surface area contributed by atoms with E-state index in [1.54, 1.807) is 24.3 Å². The van der Waals surface area contributed by atoms with Crippen molar-refractivity contribution in [2.45, 2.75) is 6.92 Å². The van der Waals surface area contributed by atoms with Gasteiger partial charge in [0.15, 0.2) is 5.17 Å². The summed E-state index contributed by atoms with van der Waals surface area (Å²) in [5.41, 5.74) is 2.52. The summed E-state index contributed by atoms with van der Waals surface area (Å²) in [6.07, 6.45) is 1.66. The van der Waals surface area contributed by atoms with Gasteiger partial charge in [-0.25, -0.2) is 4.99 Å². The molecule has 22 heavy (non-hydrogen) atoms. The number of hydrogen-bond acceptors (Lipinski definition) is 4. The number of amidine groups is 1. The van der Waals surface area contributed by atoms with Crippen molar-refractivity contribution < 1.29 is 9.90 Å². The van der Waals surface area contributed by atoms with Crippen LogP contribution in [0.15, 0.2) is 58.4 Å². The van der Waals surface area contributed by atoms with E-state index in [1.807, 2.05) is 37.3 Å². The summed E-state index contributed by atoms with van der Waals surface area (Å²) < 4.78 is 0. The molecule has 0 aliphatic carbocycles. The van der Waals surface area contributed by atoms with Crippen LogP contribution in [0.25, 0.3) is 6.08 Å². The molecule has 0 spiro atoms. The third kappa shape index (κ3) is 3.20. The molecule has 2 N–H and O–H groups in total. The molecule has 0 radical (unpaired) electrons. The summed E-state index contributed by atoms with van der Waals surface area (Å²) in [7, 11) is 0. The van der Waals surface area contributed by atoms with Gasteiger partial charge in [0, 0.05) is 5.56 Å². The van der Waals surface area contributed by atoms with Gasteiger partial charge in [0.2, 0.25) is 0 Å². The number of aromatic hydroxyl groups is 1. The van der Waals surface area contributed by atoms with Crippen LogP contribution in [0.3, 0.4) is 0 Å². The Morgan fingerprint density at radius 3 is 2.77 bits per heavy atom. The molecule has 1 amide bonds. The Morgan fingerprint density at radius 1 is 1.18 bits per heavy atom. The number of phenolic OH excluding ortho intramolecular Hbond substituents is 1. The average Bonchev–Trinajstić information content (AvgIpc) is 2.81. The highest BCUT2D eigenvalue weighted by molar-refractivity contribution is 8.18. The smallest absolute Gasteiger partial charge is 0.264 e. The Hall–Kier alpha value is -2.53. The Bertz CT molecular complexity index is 797. The molecule has 110 valence electrons. The minimum Gasteiger partial charge on any atom is -0.507 e. The van der Waals surface area contributed by atoms with Crippen LogP contribution in [0.4, 0.5) is 5.69 Å². The molecule has 2 aromatic rings. The monoisotopic (exact) mass is 310 g/mol. The summed E-state index contributed by atoms with van der Waals surface area (Å²) >= 11 is 1.26. The van der Waals surface area contributed by atoms with Crippen LogP contribution in [0.5, 0.6) is 5.75 Å². The largest absolute Gasteiger partial charge is 0.507 e. The first kappa shape index (κ1) is 14.4. The number of benzene rings is 2. The van der Waals surface area contributed by atoms with Crippen molar-refractivity contribution in [3.05, 3.63) is 64.6 Å². The molecule has 0 atom stereocenters. The van der Waals surface area contributed by atoms with E-state index in [9.17, 15) is 9.90 Å². The van der Waals surface area contributed by atoms with Crippen LogP contribution in [0.1, 0.15) is 11.1 Å². The van der Waals surface area contributed by atoms with Gasteiger partial charge in [-0.3, -0.25) is 4.79 Å². The molecule has 1 saturated heterocycles. The van der Waals surface area contributed by atoms with E-state index in [0.29, 0.717) is 15.6 Å². The van der Waals surface area contributed by atoms with Gasteiger partial charge in [0.25, 0.3) is 5.91 Å². The van der Waals surface area contributed by atoms with Gasteiger partial charge < -0.3 is 10.4 Å². The zero-order valence-electron chi connectivity index (χ0n) is 11.9. The normalized spacial score (nSPS) is 18.0. The number of phenols is 1. The lowest BCUT2D eigenvalue weighted by atomic mass is 10.2. The summed E-state index contributed by atoms with van der Waals surface area (Å²) in [5, 5.41) is 13.0. The molecule has 0 saturated carbocycles. The van der Waals surface area contributed by atoms with E-state index in [1.165, 1.54) is 11.8 Å². The van der Waals surface area contributed by atoms with E-state index in [0.717, 1.165) is 11.3 Å². The molecule has 1 heterocycles. The van der Waals surface area contributed by atoms with Crippen LogP contribution >= 0.6 is 11.8 Å². The Labute approximate surface area is 132 Å². The highest BCUT2D eigenvalue weighted by atomic mass is 32.2. The van der Waals surface area contributed by atoms with Gasteiger partial charge in [0.1, 0.15) is 5.75 Å². The predicted octanol–water partition coefficient (Wildman–Crippen LogP) is 3.59. The number of hydrogen-bond donors (Lipinski definition) is 2. The zero-order chi connectivity index (χ0) is 15.5. The third-order valence-electron chi connectivity index (χ3n) is 3.11. The Morgan fingerprint density at radius 2 is 2.00 bits per heavy atom. The summed E-state index contributed by atoms with van der Waals surface area (Å²) in [6.45, 7) is 1.99. The number of carbonyl (C=O) groups is 1. The van der Waals surface area contributed by atoms with E-state index in [-0.39, 0.29) is 11.7 Å². The molecule has 1 aliphatic heterocycles. The molecule has 1 aliphatic rings. The fraction of sp³-hybridized carbons (Fsp3) is 0.0588. The van der Waals surface area contributed by atoms with Crippen molar-refractivity contribution >= 4 is 34.6 Å². The minimum atomic E-state index is -0.209. The standard InChI is InChI=1S/C17H14N2O2S/c1-11-5-4-7-13(9-11)18-17-19-16(21)15(22-17)10-12-6-2-3-8-14(12)20/h2-10,20H,1H3,(H,18,19,21)/b15-10+. The first-order valence-corrected chi connectivity index (χ1v) is 7.58. The van der Waals surface area contributed by atoms with Crippen LogP contribution in [-0.4, -0.2) is 16.2 Å². The van der Waals surface area contributed by atoms with Crippen LogP contribution in [0, 0.1) is 6.92 Å². The van der Waals surface area contributed by atoms with E-state index >= 15 is 0 Å². The molecule has 3 rings (SSSR count). The molecular weight excluding hydrogens is 296 g/mol. The highest BCUT2D eigenvalue weighted by Gasteiger charge is 2.24. The van der Waals surface area contributed by atoms with Gasteiger partial charge in [-0.05, 0) is 48.5 Å². The molecule has 5 heteroatoms. The van der Waals surface area contributed by atoms with Gasteiger partial charge in [0.05, 0.1) is 10.6 Å². The molecular formula is C17H14N2O2S. The topological polar surface area (TPSA) is 61.7 Å². The fourth-order valence-corrected chi connectivity index (χ4v) is 2.88. The van der Waals surface area contributed by atoms with Crippen molar-refractivity contribution in [3.8, 4) is 5.75 Å². The first-order chi connectivity index (χ1) is 10.6. The maximum absolute atomic E-state index is 12.0. The van der Waals surface area contributed by atoms with E-state index < -0.39 is 0 Å². The van der Waals surface area contributed by atoms with Crippen molar-refractivity contribution in [1.29, 1.82) is 0 Å². The van der Waals surface area contributed by atoms with Crippen molar-refractivity contribution in [3.63, 3.8) is 0 Å². The number of aryl methyl sites for hydroxylation is 1. The number of carbonyl (C=O) groups excluding carboxylic acids is 1. The molecule has 4 nitrogen and oxygen atoms in total.